The molecule has 2 N–H and O–H groups in total. The molecule has 18 heavy (non-hydrogen) atoms. The summed E-state index contributed by atoms with van der Waals surface area (Å²) in [7, 11) is 0. The molecule has 1 rings (SSSR count). The van der Waals surface area contributed by atoms with E-state index in [1.807, 2.05) is 13.8 Å². The molecule has 1 saturated carbocycles. The van der Waals surface area contributed by atoms with Crippen molar-refractivity contribution in [3.63, 3.8) is 0 Å². The number of rotatable bonds is 4. The van der Waals surface area contributed by atoms with E-state index in [0.717, 1.165) is 12.8 Å². The highest BCUT2D eigenvalue weighted by molar-refractivity contribution is 5.74. The highest BCUT2D eigenvalue weighted by Gasteiger charge is 2.42. The molecule has 3 nitrogen and oxygen atoms in total. The van der Waals surface area contributed by atoms with Crippen LogP contribution in [0.4, 0.5) is 0 Å². The first-order valence-electron chi connectivity index (χ1n) is 7.15. The van der Waals surface area contributed by atoms with Crippen molar-refractivity contribution >= 4 is 5.97 Å². The zero-order valence-corrected chi connectivity index (χ0v) is 12.5. The van der Waals surface area contributed by atoms with Crippen LogP contribution in [0.3, 0.4) is 0 Å². The average Bonchev–Trinajstić information content (AvgIpc) is 2.25. The van der Waals surface area contributed by atoms with Crippen LogP contribution in [0.25, 0.3) is 0 Å². The maximum atomic E-state index is 11.6. The second-order valence-electron chi connectivity index (χ2n) is 7.30. The molecule has 1 fully saturated rings. The van der Waals surface area contributed by atoms with Crippen LogP contribution in [0.2, 0.25) is 0 Å². The standard InChI is InChI=1S/C15H29NO2/c1-14(2,3)16-12(15(4,5)13(17)18)11-9-7-6-8-10-11/h11-12,16H,6-10H2,1-5H3,(H,17,18). The summed E-state index contributed by atoms with van der Waals surface area (Å²) in [5.74, 6) is -0.209. The number of nitrogens with one attached hydrogen (secondary N) is 1. The normalized spacial score (nSPS) is 20.7. The van der Waals surface area contributed by atoms with E-state index in [2.05, 4.69) is 26.1 Å². The van der Waals surface area contributed by atoms with Crippen molar-refractivity contribution < 1.29 is 9.90 Å². The van der Waals surface area contributed by atoms with Crippen LogP contribution in [0.5, 0.6) is 0 Å². The summed E-state index contributed by atoms with van der Waals surface area (Å²) in [6.45, 7) is 10.0. The fourth-order valence-corrected chi connectivity index (χ4v) is 2.95. The molecule has 106 valence electrons. The highest BCUT2D eigenvalue weighted by Crippen LogP contribution is 2.36. The maximum absolute atomic E-state index is 11.6. The van der Waals surface area contributed by atoms with Crippen molar-refractivity contribution in [1.29, 1.82) is 0 Å². The van der Waals surface area contributed by atoms with Crippen LogP contribution in [-0.4, -0.2) is 22.7 Å². The fourth-order valence-electron chi connectivity index (χ4n) is 2.95. The van der Waals surface area contributed by atoms with Gasteiger partial charge < -0.3 is 10.4 Å². The minimum Gasteiger partial charge on any atom is -0.481 e. The van der Waals surface area contributed by atoms with E-state index in [0.29, 0.717) is 5.92 Å². The van der Waals surface area contributed by atoms with Crippen LogP contribution in [-0.2, 0) is 4.79 Å². The molecule has 0 aromatic heterocycles. The number of hydrogen-bond donors (Lipinski definition) is 2. The number of carboxylic acids is 1. The van der Waals surface area contributed by atoms with Crippen molar-refractivity contribution in [2.75, 3.05) is 0 Å². The van der Waals surface area contributed by atoms with Gasteiger partial charge in [-0.25, -0.2) is 0 Å². The predicted molar refractivity (Wildman–Crippen MR) is 74.7 cm³/mol. The Labute approximate surface area is 111 Å². The lowest BCUT2D eigenvalue weighted by molar-refractivity contribution is -0.150. The van der Waals surface area contributed by atoms with Gasteiger partial charge in [-0.05, 0) is 53.4 Å². The third kappa shape index (κ3) is 3.98. The summed E-state index contributed by atoms with van der Waals surface area (Å²) in [6.07, 6.45) is 6.09. The van der Waals surface area contributed by atoms with Crippen molar-refractivity contribution in [1.82, 2.24) is 5.32 Å². The Balaban J connectivity index is 2.90. The summed E-state index contributed by atoms with van der Waals surface area (Å²) in [4.78, 5) is 11.6. The second kappa shape index (κ2) is 5.60. The molecule has 0 aromatic carbocycles. The van der Waals surface area contributed by atoms with Gasteiger partial charge in [-0.2, -0.15) is 0 Å². The van der Waals surface area contributed by atoms with Gasteiger partial charge in [0.05, 0.1) is 5.41 Å². The van der Waals surface area contributed by atoms with Crippen LogP contribution in [0.15, 0.2) is 0 Å². The molecule has 0 heterocycles. The van der Waals surface area contributed by atoms with E-state index in [-0.39, 0.29) is 11.6 Å². The predicted octanol–water partition coefficient (Wildman–Crippen LogP) is 3.43. The average molecular weight is 255 g/mol. The molecule has 0 aliphatic heterocycles. The van der Waals surface area contributed by atoms with Gasteiger partial charge >= 0.3 is 5.97 Å². The molecule has 0 amide bonds. The first-order chi connectivity index (χ1) is 8.14. The van der Waals surface area contributed by atoms with Gasteiger partial charge in [0.15, 0.2) is 0 Å². The molecule has 1 unspecified atom stereocenters. The van der Waals surface area contributed by atoms with E-state index >= 15 is 0 Å². The van der Waals surface area contributed by atoms with Crippen LogP contribution < -0.4 is 5.32 Å². The summed E-state index contributed by atoms with van der Waals surface area (Å²) in [5, 5.41) is 13.1. The Morgan fingerprint density at radius 2 is 1.61 bits per heavy atom. The summed E-state index contributed by atoms with van der Waals surface area (Å²) in [5.41, 5.74) is -0.760. The van der Waals surface area contributed by atoms with Gasteiger partial charge in [0.1, 0.15) is 0 Å². The minimum absolute atomic E-state index is 0.0468. The van der Waals surface area contributed by atoms with Crippen LogP contribution in [0.1, 0.15) is 66.7 Å². The zero-order valence-electron chi connectivity index (χ0n) is 12.5. The van der Waals surface area contributed by atoms with Crippen LogP contribution >= 0.6 is 0 Å². The Morgan fingerprint density at radius 1 is 1.11 bits per heavy atom. The Morgan fingerprint density at radius 3 is 2.00 bits per heavy atom. The quantitative estimate of drug-likeness (QED) is 0.809. The Kier molecular flexibility index (Phi) is 4.82. The van der Waals surface area contributed by atoms with Crippen LogP contribution in [0, 0.1) is 11.3 Å². The van der Waals surface area contributed by atoms with Gasteiger partial charge in [-0.15, -0.1) is 0 Å². The third-order valence-electron chi connectivity index (χ3n) is 4.04. The molecule has 3 heteroatoms. The Hall–Kier alpha value is -0.570. The smallest absolute Gasteiger partial charge is 0.310 e. The van der Waals surface area contributed by atoms with E-state index in [1.165, 1.54) is 19.3 Å². The Bertz CT molecular complexity index is 285. The van der Waals surface area contributed by atoms with Gasteiger partial charge in [0, 0.05) is 11.6 Å². The summed E-state index contributed by atoms with van der Waals surface area (Å²) in [6, 6.07) is 0.0512. The minimum atomic E-state index is -0.713. The van der Waals surface area contributed by atoms with E-state index in [1.54, 1.807) is 0 Å². The molecule has 1 aliphatic carbocycles. The van der Waals surface area contributed by atoms with Crippen molar-refractivity contribution in [2.45, 2.75) is 78.3 Å². The van der Waals surface area contributed by atoms with E-state index < -0.39 is 11.4 Å². The van der Waals surface area contributed by atoms with Gasteiger partial charge in [-0.3, -0.25) is 4.79 Å². The SMILES string of the molecule is CC(C)(C)NC(C1CCCCC1)C(C)(C)C(=O)O. The number of hydrogen-bond acceptors (Lipinski definition) is 2. The first-order valence-corrected chi connectivity index (χ1v) is 7.15. The van der Waals surface area contributed by atoms with Crippen molar-refractivity contribution in [3.05, 3.63) is 0 Å². The lowest BCUT2D eigenvalue weighted by atomic mass is 9.71. The lowest BCUT2D eigenvalue weighted by Gasteiger charge is -2.43. The number of carboxylic acid groups (broad SMARTS) is 1. The molecule has 0 saturated heterocycles. The molecule has 1 aliphatic rings. The largest absolute Gasteiger partial charge is 0.481 e. The molecule has 0 radical (unpaired) electrons. The van der Waals surface area contributed by atoms with E-state index in [9.17, 15) is 9.90 Å². The highest BCUT2D eigenvalue weighted by atomic mass is 16.4. The number of aliphatic carboxylic acids is 1. The molecule has 1 atom stereocenters. The third-order valence-corrected chi connectivity index (χ3v) is 4.04. The molecular weight excluding hydrogens is 226 g/mol. The first kappa shape index (κ1) is 15.5. The molecule has 0 bridgehead atoms. The summed E-state index contributed by atoms with van der Waals surface area (Å²) < 4.78 is 0. The number of carbonyl (C=O) groups is 1. The van der Waals surface area contributed by atoms with Gasteiger partial charge in [0.2, 0.25) is 0 Å². The topological polar surface area (TPSA) is 49.3 Å². The van der Waals surface area contributed by atoms with Gasteiger partial charge in [-0.1, -0.05) is 19.3 Å². The summed E-state index contributed by atoms with van der Waals surface area (Å²) >= 11 is 0. The second-order valence-corrected chi connectivity index (χ2v) is 7.30. The zero-order chi connectivity index (χ0) is 14.0. The molecular formula is C15H29NO2. The maximum Gasteiger partial charge on any atom is 0.310 e. The monoisotopic (exact) mass is 255 g/mol. The molecule has 0 aromatic rings. The van der Waals surface area contributed by atoms with E-state index in [4.69, 9.17) is 0 Å². The van der Waals surface area contributed by atoms with Gasteiger partial charge in [0.25, 0.3) is 0 Å². The molecule has 0 spiro atoms. The fraction of sp³-hybridized carbons (Fsp3) is 0.933. The van der Waals surface area contributed by atoms with Crippen molar-refractivity contribution in [2.24, 2.45) is 11.3 Å². The lowest BCUT2D eigenvalue weighted by Crippen LogP contribution is -2.57. The van der Waals surface area contributed by atoms with Crippen molar-refractivity contribution in [3.8, 4) is 0 Å².